The Labute approximate surface area is 180 Å². The van der Waals surface area contributed by atoms with Crippen molar-refractivity contribution in [2.24, 2.45) is 0 Å². The van der Waals surface area contributed by atoms with Crippen molar-refractivity contribution in [3.63, 3.8) is 0 Å². The molecule has 1 aliphatic rings. The summed E-state index contributed by atoms with van der Waals surface area (Å²) in [6, 6.07) is 23.3. The zero-order chi connectivity index (χ0) is 21.2. The molecule has 1 atom stereocenters. The Bertz CT molecular complexity index is 1240. The number of para-hydroxylation sites is 3. The number of rotatable bonds is 5. The van der Waals surface area contributed by atoms with Crippen molar-refractivity contribution in [3.8, 4) is 5.75 Å². The van der Waals surface area contributed by atoms with Gasteiger partial charge in [-0.15, -0.1) is 0 Å². The van der Waals surface area contributed by atoms with Crippen LogP contribution in [0.4, 0.5) is 5.69 Å². The number of fused-ring (bicyclic) bond motifs is 2. The van der Waals surface area contributed by atoms with E-state index < -0.39 is 6.17 Å². The maximum Gasteiger partial charge on any atom is 0.257 e. The predicted octanol–water partition coefficient (Wildman–Crippen LogP) is 4.45. The molecule has 0 radical (unpaired) electrons. The number of ether oxygens (including phenoxy) is 1. The molecule has 1 amide bonds. The van der Waals surface area contributed by atoms with Gasteiger partial charge in [-0.05, 0) is 48.4 Å². The van der Waals surface area contributed by atoms with Crippen molar-refractivity contribution in [2.45, 2.75) is 12.6 Å². The van der Waals surface area contributed by atoms with E-state index in [9.17, 15) is 4.79 Å². The first-order valence-corrected chi connectivity index (χ1v) is 10.2. The van der Waals surface area contributed by atoms with Crippen LogP contribution in [0.3, 0.4) is 0 Å². The Morgan fingerprint density at radius 2 is 1.71 bits per heavy atom. The minimum atomic E-state index is -0.391. The van der Waals surface area contributed by atoms with Gasteiger partial charge in [-0.3, -0.25) is 9.78 Å². The fourth-order valence-electron chi connectivity index (χ4n) is 3.90. The van der Waals surface area contributed by atoms with Crippen molar-refractivity contribution >= 4 is 22.6 Å². The summed E-state index contributed by atoms with van der Waals surface area (Å²) in [5, 5.41) is 3.50. The fraction of sp³-hybridized carbons (Fsp3) is 0.160. The van der Waals surface area contributed by atoms with Crippen LogP contribution in [0.5, 0.6) is 5.75 Å². The van der Waals surface area contributed by atoms with Crippen LogP contribution < -0.4 is 10.1 Å². The van der Waals surface area contributed by atoms with Gasteiger partial charge in [0.1, 0.15) is 17.6 Å². The molecule has 154 valence electrons. The van der Waals surface area contributed by atoms with Crippen LogP contribution in [0, 0.1) is 0 Å². The highest BCUT2D eigenvalue weighted by Gasteiger charge is 2.33. The number of nitrogens with zero attached hydrogens (tertiary/aromatic N) is 3. The lowest BCUT2D eigenvalue weighted by Gasteiger charge is -2.37. The average molecular weight is 410 g/mol. The maximum absolute atomic E-state index is 13.4. The molecule has 2 heterocycles. The SMILES string of the molecule is COc1ccc(CCN2C(=O)c3ccccc3NC2c2cnc3ccccc3n2)cc1. The first-order valence-electron chi connectivity index (χ1n) is 10.2. The van der Waals surface area contributed by atoms with Crippen LogP contribution in [0.25, 0.3) is 11.0 Å². The van der Waals surface area contributed by atoms with Gasteiger partial charge in [0, 0.05) is 12.2 Å². The number of anilines is 1. The molecule has 0 aliphatic carbocycles. The second-order valence-electron chi connectivity index (χ2n) is 7.47. The van der Waals surface area contributed by atoms with E-state index in [4.69, 9.17) is 9.72 Å². The molecule has 6 heteroatoms. The molecular weight excluding hydrogens is 388 g/mol. The van der Waals surface area contributed by atoms with E-state index in [0.717, 1.165) is 40.1 Å². The molecule has 4 aromatic rings. The lowest BCUT2D eigenvalue weighted by molar-refractivity contribution is 0.0682. The van der Waals surface area contributed by atoms with E-state index in [1.165, 1.54) is 0 Å². The van der Waals surface area contributed by atoms with Crippen LogP contribution in [0.1, 0.15) is 27.8 Å². The van der Waals surface area contributed by atoms with E-state index in [2.05, 4.69) is 10.3 Å². The van der Waals surface area contributed by atoms with Gasteiger partial charge in [0.05, 0.1) is 29.9 Å². The molecule has 3 aromatic carbocycles. The number of methoxy groups -OCH3 is 1. The largest absolute Gasteiger partial charge is 0.497 e. The third-order valence-electron chi connectivity index (χ3n) is 5.57. The summed E-state index contributed by atoms with van der Waals surface area (Å²) in [4.78, 5) is 24.6. The van der Waals surface area contributed by atoms with Gasteiger partial charge >= 0.3 is 0 Å². The minimum Gasteiger partial charge on any atom is -0.497 e. The summed E-state index contributed by atoms with van der Waals surface area (Å²) in [6.07, 6.45) is 2.08. The molecule has 1 unspecified atom stereocenters. The lowest BCUT2D eigenvalue weighted by Crippen LogP contribution is -2.44. The van der Waals surface area contributed by atoms with Gasteiger partial charge in [-0.2, -0.15) is 0 Å². The summed E-state index contributed by atoms with van der Waals surface area (Å²) in [7, 11) is 1.65. The van der Waals surface area contributed by atoms with Gasteiger partial charge in [0.2, 0.25) is 0 Å². The third kappa shape index (κ3) is 3.68. The highest BCUT2D eigenvalue weighted by Crippen LogP contribution is 2.32. The number of amides is 1. The highest BCUT2D eigenvalue weighted by atomic mass is 16.5. The Morgan fingerprint density at radius 3 is 2.52 bits per heavy atom. The molecular formula is C25H22N4O2. The van der Waals surface area contributed by atoms with Gasteiger partial charge in [-0.25, -0.2) is 4.98 Å². The van der Waals surface area contributed by atoms with E-state index in [1.807, 2.05) is 77.7 Å². The molecule has 5 rings (SSSR count). The lowest BCUT2D eigenvalue weighted by atomic mass is 10.0. The van der Waals surface area contributed by atoms with E-state index in [0.29, 0.717) is 12.1 Å². The van der Waals surface area contributed by atoms with Crippen LogP contribution >= 0.6 is 0 Å². The second-order valence-corrected chi connectivity index (χ2v) is 7.47. The molecule has 31 heavy (non-hydrogen) atoms. The molecule has 1 aromatic heterocycles. The quantitative estimate of drug-likeness (QED) is 0.527. The normalized spacial score (nSPS) is 15.5. The molecule has 0 spiro atoms. The standard InChI is InChI=1S/C25H22N4O2/c1-31-18-12-10-17(11-13-18)14-15-29-24(28-20-7-3-2-6-19(20)25(29)30)23-16-26-21-8-4-5-9-22(21)27-23/h2-13,16,24,28H,14-15H2,1H3. The number of carbonyl (C=O) groups is 1. The fourth-order valence-corrected chi connectivity index (χ4v) is 3.90. The Morgan fingerprint density at radius 1 is 0.968 bits per heavy atom. The monoisotopic (exact) mass is 410 g/mol. The summed E-state index contributed by atoms with van der Waals surface area (Å²) < 4.78 is 5.24. The first-order chi connectivity index (χ1) is 15.2. The van der Waals surface area contributed by atoms with E-state index in [-0.39, 0.29) is 5.91 Å². The van der Waals surface area contributed by atoms with Crippen molar-refractivity contribution in [2.75, 3.05) is 19.0 Å². The number of carbonyl (C=O) groups excluding carboxylic acids is 1. The van der Waals surface area contributed by atoms with Gasteiger partial charge < -0.3 is 15.0 Å². The Balaban J connectivity index is 1.48. The summed E-state index contributed by atoms with van der Waals surface area (Å²) in [5.41, 5.74) is 4.98. The molecule has 1 aliphatic heterocycles. The minimum absolute atomic E-state index is 0.0113. The van der Waals surface area contributed by atoms with Crippen molar-refractivity contribution in [1.82, 2.24) is 14.9 Å². The molecule has 0 bridgehead atoms. The van der Waals surface area contributed by atoms with Crippen molar-refractivity contribution in [1.29, 1.82) is 0 Å². The second kappa shape index (κ2) is 8.07. The Hall–Kier alpha value is -3.93. The van der Waals surface area contributed by atoms with Gasteiger partial charge in [0.15, 0.2) is 0 Å². The first kappa shape index (κ1) is 19.1. The number of hydrogen-bond donors (Lipinski definition) is 1. The van der Waals surface area contributed by atoms with Crippen LogP contribution in [0.15, 0.2) is 79.0 Å². The number of hydrogen-bond acceptors (Lipinski definition) is 5. The third-order valence-corrected chi connectivity index (χ3v) is 5.57. The van der Waals surface area contributed by atoms with Crippen LogP contribution in [-0.2, 0) is 6.42 Å². The highest BCUT2D eigenvalue weighted by molar-refractivity contribution is 6.01. The molecule has 1 N–H and O–H groups in total. The zero-order valence-electron chi connectivity index (χ0n) is 17.2. The Kier molecular flexibility index (Phi) is 4.96. The molecule has 0 saturated carbocycles. The number of nitrogens with one attached hydrogen (secondary N) is 1. The summed E-state index contributed by atoms with van der Waals surface area (Å²) >= 11 is 0. The van der Waals surface area contributed by atoms with E-state index in [1.54, 1.807) is 13.3 Å². The topological polar surface area (TPSA) is 67.3 Å². The van der Waals surface area contributed by atoms with Gasteiger partial charge in [-0.1, -0.05) is 36.4 Å². The van der Waals surface area contributed by atoms with E-state index >= 15 is 0 Å². The maximum atomic E-state index is 13.4. The molecule has 6 nitrogen and oxygen atoms in total. The molecule has 0 saturated heterocycles. The average Bonchev–Trinajstić information content (AvgIpc) is 2.83. The summed E-state index contributed by atoms with van der Waals surface area (Å²) in [5.74, 6) is 0.806. The summed E-state index contributed by atoms with van der Waals surface area (Å²) in [6.45, 7) is 0.547. The zero-order valence-corrected chi connectivity index (χ0v) is 17.2. The van der Waals surface area contributed by atoms with Crippen LogP contribution in [0.2, 0.25) is 0 Å². The number of aromatic nitrogens is 2. The smallest absolute Gasteiger partial charge is 0.257 e. The number of benzene rings is 3. The van der Waals surface area contributed by atoms with Gasteiger partial charge in [0.25, 0.3) is 5.91 Å². The molecule has 0 fully saturated rings. The van der Waals surface area contributed by atoms with Crippen molar-refractivity contribution in [3.05, 3.63) is 95.8 Å². The van der Waals surface area contributed by atoms with Crippen LogP contribution in [-0.4, -0.2) is 34.4 Å². The predicted molar refractivity (Wildman–Crippen MR) is 120 cm³/mol. The van der Waals surface area contributed by atoms with Crippen molar-refractivity contribution < 1.29 is 9.53 Å².